The zero-order valence-corrected chi connectivity index (χ0v) is 15.3. The molecule has 26 heavy (non-hydrogen) atoms. The third-order valence-corrected chi connectivity index (χ3v) is 4.68. The van der Waals surface area contributed by atoms with Crippen LogP contribution in [0, 0.1) is 24.0 Å². The average Bonchev–Trinajstić information content (AvgIpc) is 2.98. The smallest absolute Gasteiger partial charge is 0.271 e. The number of nitro groups is 1. The summed E-state index contributed by atoms with van der Waals surface area (Å²) in [6.45, 7) is 3.70. The zero-order valence-electron chi connectivity index (χ0n) is 13.8. The van der Waals surface area contributed by atoms with Crippen molar-refractivity contribution in [1.29, 1.82) is 0 Å². The van der Waals surface area contributed by atoms with Gasteiger partial charge in [-0.3, -0.25) is 19.3 Å². The molecule has 3 rings (SSSR count). The zero-order chi connectivity index (χ0) is 18.8. The highest BCUT2D eigenvalue weighted by atomic mass is 35.5. The third-order valence-electron chi connectivity index (χ3n) is 3.43. The second kappa shape index (κ2) is 7.26. The number of halogens is 1. The Morgan fingerprint density at radius 1 is 1.35 bits per heavy atom. The lowest BCUT2D eigenvalue weighted by atomic mass is 10.3. The summed E-state index contributed by atoms with van der Waals surface area (Å²) in [6.07, 6.45) is 0. The Balaban J connectivity index is 1.72. The number of benzene rings is 1. The van der Waals surface area contributed by atoms with Gasteiger partial charge in [-0.05, 0) is 19.9 Å². The van der Waals surface area contributed by atoms with Crippen LogP contribution in [0.5, 0.6) is 0 Å². The van der Waals surface area contributed by atoms with E-state index in [-0.39, 0.29) is 28.1 Å². The maximum atomic E-state index is 12.2. The number of nitrogens with zero attached hydrogens (tertiary/aromatic N) is 5. The first-order chi connectivity index (χ1) is 12.3. The number of nitro benzene ring substituents is 1. The Hall–Kier alpha value is -2.72. The Bertz CT molecular complexity index is 1020. The van der Waals surface area contributed by atoms with Crippen molar-refractivity contribution in [1.82, 2.24) is 19.6 Å². The molecule has 11 heteroatoms. The van der Waals surface area contributed by atoms with Crippen molar-refractivity contribution in [2.24, 2.45) is 0 Å². The molecule has 0 aliphatic rings. The van der Waals surface area contributed by atoms with Gasteiger partial charge in [-0.2, -0.15) is 0 Å². The van der Waals surface area contributed by atoms with Crippen molar-refractivity contribution < 1.29 is 9.72 Å². The number of anilines is 1. The summed E-state index contributed by atoms with van der Waals surface area (Å²) in [5, 5.41) is 22.3. The van der Waals surface area contributed by atoms with E-state index in [2.05, 4.69) is 20.5 Å². The van der Waals surface area contributed by atoms with E-state index in [4.69, 9.17) is 11.6 Å². The van der Waals surface area contributed by atoms with Crippen LogP contribution in [0.15, 0.2) is 29.4 Å². The highest BCUT2D eigenvalue weighted by molar-refractivity contribution is 7.99. The van der Waals surface area contributed by atoms with Gasteiger partial charge >= 0.3 is 0 Å². The molecule has 0 radical (unpaired) electrons. The van der Waals surface area contributed by atoms with Gasteiger partial charge in [-0.25, -0.2) is 4.98 Å². The van der Waals surface area contributed by atoms with Crippen LogP contribution in [0.1, 0.15) is 11.5 Å². The number of fused-ring (bicyclic) bond motifs is 1. The second-order valence-corrected chi connectivity index (χ2v) is 6.73. The second-order valence-electron chi connectivity index (χ2n) is 5.38. The van der Waals surface area contributed by atoms with Crippen molar-refractivity contribution in [3.8, 4) is 0 Å². The monoisotopic (exact) mass is 392 g/mol. The van der Waals surface area contributed by atoms with E-state index in [0.717, 1.165) is 11.5 Å². The molecule has 0 saturated carbocycles. The van der Waals surface area contributed by atoms with Crippen LogP contribution in [0.25, 0.3) is 5.65 Å². The van der Waals surface area contributed by atoms with Crippen LogP contribution in [-0.2, 0) is 4.79 Å². The van der Waals surface area contributed by atoms with Gasteiger partial charge < -0.3 is 5.32 Å². The van der Waals surface area contributed by atoms with Crippen molar-refractivity contribution in [3.05, 3.63) is 50.9 Å². The molecular formula is C15H13ClN6O3S. The quantitative estimate of drug-likeness (QED) is 0.403. The van der Waals surface area contributed by atoms with Gasteiger partial charge in [-0.15, -0.1) is 10.2 Å². The maximum Gasteiger partial charge on any atom is 0.271 e. The Labute approximate surface area is 156 Å². The molecule has 1 amide bonds. The van der Waals surface area contributed by atoms with E-state index in [1.54, 1.807) is 10.5 Å². The van der Waals surface area contributed by atoms with Crippen molar-refractivity contribution >= 4 is 46.3 Å². The van der Waals surface area contributed by atoms with Gasteiger partial charge in [0, 0.05) is 23.9 Å². The number of hydrogen-bond donors (Lipinski definition) is 1. The molecule has 0 fully saturated rings. The molecule has 0 unspecified atom stereocenters. The summed E-state index contributed by atoms with van der Waals surface area (Å²) in [5.74, 6) is 0.383. The first-order valence-corrected chi connectivity index (χ1v) is 8.77. The topological polar surface area (TPSA) is 115 Å². The largest absolute Gasteiger partial charge is 0.324 e. The van der Waals surface area contributed by atoms with Crippen LogP contribution < -0.4 is 5.32 Å². The summed E-state index contributed by atoms with van der Waals surface area (Å²) < 4.78 is 1.76. The SMILES string of the molecule is Cc1cc2nnc(SCC(=O)Nc3cc([N+](=O)[O-])ccc3Cl)n2c(C)n1. The van der Waals surface area contributed by atoms with E-state index in [9.17, 15) is 14.9 Å². The van der Waals surface area contributed by atoms with Gasteiger partial charge in [0.2, 0.25) is 5.91 Å². The number of carbonyl (C=O) groups is 1. The van der Waals surface area contributed by atoms with Crippen LogP contribution in [0.3, 0.4) is 0 Å². The minimum atomic E-state index is -0.555. The van der Waals surface area contributed by atoms with E-state index >= 15 is 0 Å². The summed E-state index contributed by atoms with van der Waals surface area (Å²) in [6, 6.07) is 5.65. The molecule has 0 bridgehead atoms. The molecule has 3 aromatic rings. The van der Waals surface area contributed by atoms with Crippen LogP contribution in [0.2, 0.25) is 5.02 Å². The Kier molecular flexibility index (Phi) is 5.05. The number of non-ortho nitro benzene ring substituents is 1. The number of thioether (sulfide) groups is 1. The molecule has 1 N–H and O–H groups in total. The van der Waals surface area contributed by atoms with Gasteiger partial charge in [0.05, 0.1) is 21.4 Å². The van der Waals surface area contributed by atoms with Crippen molar-refractivity contribution in [2.45, 2.75) is 19.0 Å². The highest BCUT2D eigenvalue weighted by Crippen LogP contribution is 2.27. The summed E-state index contributed by atoms with van der Waals surface area (Å²) in [5.41, 5.74) is 1.51. The van der Waals surface area contributed by atoms with Gasteiger partial charge in [0.1, 0.15) is 5.82 Å². The lowest BCUT2D eigenvalue weighted by Gasteiger charge is -2.07. The maximum absolute atomic E-state index is 12.2. The minimum Gasteiger partial charge on any atom is -0.324 e. The van der Waals surface area contributed by atoms with E-state index in [0.29, 0.717) is 10.8 Å². The first kappa shape index (κ1) is 18.1. The highest BCUT2D eigenvalue weighted by Gasteiger charge is 2.15. The van der Waals surface area contributed by atoms with Crippen LogP contribution in [-0.4, -0.2) is 36.2 Å². The van der Waals surface area contributed by atoms with Gasteiger partial charge in [0.25, 0.3) is 5.69 Å². The molecule has 0 spiro atoms. The third kappa shape index (κ3) is 3.75. The Morgan fingerprint density at radius 2 is 2.12 bits per heavy atom. The van der Waals surface area contributed by atoms with Crippen LogP contribution >= 0.6 is 23.4 Å². The molecule has 0 aliphatic carbocycles. The molecule has 2 heterocycles. The van der Waals surface area contributed by atoms with E-state index < -0.39 is 4.92 Å². The number of carbonyl (C=O) groups excluding carboxylic acids is 1. The molecule has 0 atom stereocenters. The number of aryl methyl sites for hydroxylation is 2. The standard InChI is InChI=1S/C15H13ClN6O3S/c1-8-5-13-19-20-15(21(13)9(2)17-8)26-7-14(23)18-12-6-10(22(24)25)3-4-11(12)16/h3-6H,7H2,1-2H3,(H,18,23). The number of amides is 1. The number of rotatable bonds is 5. The van der Waals surface area contributed by atoms with Crippen LogP contribution in [0.4, 0.5) is 11.4 Å². The fraction of sp³-hybridized carbons (Fsp3) is 0.200. The molecular weight excluding hydrogens is 380 g/mol. The Morgan fingerprint density at radius 3 is 2.85 bits per heavy atom. The number of aromatic nitrogens is 4. The molecule has 1 aromatic carbocycles. The number of hydrogen-bond acceptors (Lipinski definition) is 7. The molecule has 0 saturated heterocycles. The molecule has 0 aliphatic heterocycles. The summed E-state index contributed by atoms with van der Waals surface area (Å²) in [4.78, 5) is 26.8. The van der Waals surface area contributed by atoms with Crippen molar-refractivity contribution in [3.63, 3.8) is 0 Å². The van der Waals surface area contributed by atoms with E-state index in [1.165, 1.54) is 30.0 Å². The normalized spacial score (nSPS) is 10.9. The van der Waals surface area contributed by atoms with Crippen molar-refractivity contribution in [2.75, 3.05) is 11.1 Å². The predicted molar refractivity (Wildman–Crippen MR) is 97.7 cm³/mol. The fourth-order valence-electron chi connectivity index (χ4n) is 2.34. The summed E-state index contributed by atoms with van der Waals surface area (Å²) in [7, 11) is 0. The van der Waals surface area contributed by atoms with Gasteiger partial charge in [0.15, 0.2) is 10.8 Å². The molecule has 2 aromatic heterocycles. The van der Waals surface area contributed by atoms with Gasteiger partial charge in [-0.1, -0.05) is 23.4 Å². The first-order valence-electron chi connectivity index (χ1n) is 7.41. The lowest BCUT2D eigenvalue weighted by Crippen LogP contribution is -2.15. The average molecular weight is 393 g/mol. The predicted octanol–water partition coefficient (Wildman–Crippen LogP) is 3.03. The molecule has 9 nitrogen and oxygen atoms in total. The molecule has 134 valence electrons. The lowest BCUT2D eigenvalue weighted by molar-refractivity contribution is -0.384. The summed E-state index contributed by atoms with van der Waals surface area (Å²) >= 11 is 7.16. The minimum absolute atomic E-state index is 0.0349. The van der Waals surface area contributed by atoms with E-state index in [1.807, 2.05) is 13.8 Å². The number of nitrogens with one attached hydrogen (secondary N) is 1. The fourth-order valence-corrected chi connectivity index (χ4v) is 3.29.